The number of nitrogens with two attached hydrogens (primary N) is 1. The zero-order chi connectivity index (χ0) is 12.4. The molecule has 0 amide bonds. The lowest BCUT2D eigenvalue weighted by Gasteiger charge is -2.06. The summed E-state index contributed by atoms with van der Waals surface area (Å²) >= 11 is 3.30. The predicted octanol–water partition coefficient (Wildman–Crippen LogP) is 2.64. The first-order valence-corrected chi connectivity index (χ1v) is 5.67. The van der Waals surface area contributed by atoms with E-state index in [2.05, 4.69) is 31.3 Å². The molecule has 4 nitrogen and oxygen atoms in total. The molecule has 0 saturated carbocycles. The van der Waals surface area contributed by atoms with E-state index < -0.39 is 0 Å². The molecule has 6 heteroatoms. The summed E-state index contributed by atoms with van der Waals surface area (Å²) < 4.78 is 14.5. The molecule has 17 heavy (non-hydrogen) atoms. The van der Waals surface area contributed by atoms with Crippen LogP contribution in [0, 0.1) is 12.7 Å². The van der Waals surface area contributed by atoms with Crippen LogP contribution in [0.4, 0.5) is 10.3 Å². The summed E-state index contributed by atoms with van der Waals surface area (Å²) in [5, 5.41) is 0. The number of aryl methyl sites for hydroxylation is 1. The SMILES string of the molecule is Cc1cc(-c2cc(Br)ccc2F)nc(NN)n1. The van der Waals surface area contributed by atoms with Crippen LogP contribution in [0.5, 0.6) is 0 Å². The predicted molar refractivity (Wildman–Crippen MR) is 67.7 cm³/mol. The van der Waals surface area contributed by atoms with Crippen molar-refractivity contribution in [2.24, 2.45) is 5.84 Å². The molecule has 2 aromatic rings. The van der Waals surface area contributed by atoms with Crippen LogP contribution in [0.15, 0.2) is 28.7 Å². The van der Waals surface area contributed by atoms with Crippen LogP contribution in [-0.4, -0.2) is 9.97 Å². The molecule has 0 aliphatic carbocycles. The number of nitrogen functional groups attached to an aromatic ring is 1. The molecular formula is C11H10BrFN4. The molecule has 0 aliphatic rings. The van der Waals surface area contributed by atoms with Gasteiger partial charge < -0.3 is 0 Å². The molecule has 0 atom stereocenters. The molecule has 0 saturated heterocycles. The summed E-state index contributed by atoms with van der Waals surface area (Å²) in [5.41, 5.74) is 3.96. The molecule has 0 spiro atoms. The highest BCUT2D eigenvalue weighted by Crippen LogP contribution is 2.25. The zero-order valence-corrected chi connectivity index (χ0v) is 10.6. The molecule has 0 unspecified atom stereocenters. The third-order valence-corrected chi connectivity index (χ3v) is 2.68. The Morgan fingerprint density at radius 3 is 2.76 bits per heavy atom. The Hall–Kier alpha value is -1.53. The lowest BCUT2D eigenvalue weighted by atomic mass is 10.1. The summed E-state index contributed by atoms with van der Waals surface area (Å²) in [6.07, 6.45) is 0. The fraction of sp³-hybridized carbons (Fsp3) is 0.0909. The second-order valence-corrected chi connectivity index (χ2v) is 4.40. The normalized spacial score (nSPS) is 10.4. The van der Waals surface area contributed by atoms with Crippen molar-refractivity contribution in [1.29, 1.82) is 0 Å². The minimum atomic E-state index is -0.339. The maximum Gasteiger partial charge on any atom is 0.237 e. The van der Waals surface area contributed by atoms with Crippen molar-refractivity contribution in [2.45, 2.75) is 6.92 Å². The number of aromatic nitrogens is 2. The largest absolute Gasteiger partial charge is 0.292 e. The first kappa shape index (κ1) is 11.9. The molecule has 0 aliphatic heterocycles. The van der Waals surface area contributed by atoms with Crippen LogP contribution in [-0.2, 0) is 0 Å². The van der Waals surface area contributed by atoms with E-state index in [-0.39, 0.29) is 11.8 Å². The number of anilines is 1. The van der Waals surface area contributed by atoms with Crippen molar-refractivity contribution >= 4 is 21.9 Å². The van der Waals surface area contributed by atoms with Crippen molar-refractivity contribution in [1.82, 2.24) is 9.97 Å². The number of hydrogen-bond acceptors (Lipinski definition) is 4. The van der Waals surface area contributed by atoms with Gasteiger partial charge in [0.2, 0.25) is 5.95 Å². The van der Waals surface area contributed by atoms with E-state index in [1.165, 1.54) is 6.07 Å². The highest BCUT2D eigenvalue weighted by Gasteiger charge is 2.09. The van der Waals surface area contributed by atoms with E-state index >= 15 is 0 Å². The Morgan fingerprint density at radius 2 is 2.06 bits per heavy atom. The van der Waals surface area contributed by atoms with Gasteiger partial charge in [0.1, 0.15) is 5.82 Å². The molecular weight excluding hydrogens is 287 g/mol. The van der Waals surface area contributed by atoms with Gasteiger partial charge in [0.25, 0.3) is 0 Å². The smallest absolute Gasteiger partial charge is 0.237 e. The molecule has 1 aromatic heterocycles. The molecule has 0 bridgehead atoms. The van der Waals surface area contributed by atoms with Crippen molar-refractivity contribution in [3.63, 3.8) is 0 Å². The van der Waals surface area contributed by atoms with Gasteiger partial charge in [-0.1, -0.05) is 15.9 Å². The molecule has 1 heterocycles. The summed E-state index contributed by atoms with van der Waals surface area (Å²) in [7, 11) is 0. The Morgan fingerprint density at radius 1 is 1.29 bits per heavy atom. The van der Waals surface area contributed by atoms with Crippen LogP contribution in [0.3, 0.4) is 0 Å². The average Bonchev–Trinajstić information content (AvgIpc) is 2.31. The Kier molecular flexibility index (Phi) is 3.35. The summed E-state index contributed by atoms with van der Waals surface area (Å²) in [6, 6.07) is 6.38. The average molecular weight is 297 g/mol. The van der Waals surface area contributed by atoms with Crippen LogP contribution in [0.2, 0.25) is 0 Å². The number of hydrogen-bond donors (Lipinski definition) is 2. The summed E-state index contributed by atoms with van der Waals surface area (Å²) in [5.74, 6) is 5.18. The van der Waals surface area contributed by atoms with Gasteiger partial charge in [-0.15, -0.1) is 0 Å². The molecule has 88 valence electrons. The van der Waals surface area contributed by atoms with Gasteiger partial charge in [-0.3, -0.25) is 5.43 Å². The quantitative estimate of drug-likeness (QED) is 0.660. The minimum Gasteiger partial charge on any atom is -0.292 e. The van der Waals surface area contributed by atoms with Crippen molar-refractivity contribution in [2.75, 3.05) is 5.43 Å². The highest BCUT2D eigenvalue weighted by molar-refractivity contribution is 9.10. The van der Waals surface area contributed by atoms with Crippen LogP contribution in [0.1, 0.15) is 5.69 Å². The zero-order valence-electron chi connectivity index (χ0n) is 9.04. The van der Waals surface area contributed by atoms with E-state index in [0.29, 0.717) is 17.0 Å². The Labute approximate surface area is 106 Å². The molecule has 2 rings (SSSR count). The van der Waals surface area contributed by atoms with E-state index in [1.807, 2.05) is 0 Å². The third kappa shape index (κ3) is 2.59. The van der Waals surface area contributed by atoms with Gasteiger partial charge in [0.15, 0.2) is 0 Å². The van der Waals surface area contributed by atoms with Gasteiger partial charge in [0, 0.05) is 15.7 Å². The lowest BCUT2D eigenvalue weighted by Crippen LogP contribution is -2.11. The number of nitrogens with zero attached hydrogens (tertiary/aromatic N) is 2. The van der Waals surface area contributed by atoms with E-state index in [1.54, 1.807) is 25.1 Å². The van der Waals surface area contributed by atoms with Crippen molar-refractivity contribution in [3.05, 3.63) is 40.2 Å². The molecule has 3 N–H and O–H groups in total. The van der Waals surface area contributed by atoms with E-state index in [4.69, 9.17) is 5.84 Å². The summed E-state index contributed by atoms with van der Waals surface area (Å²) in [6.45, 7) is 1.79. The van der Waals surface area contributed by atoms with E-state index in [9.17, 15) is 4.39 Å². The molecule has 1 aromatic carbocycles. The molecule has 0 fully saturated rings. The van der Waals surface area contributed by atoms with Gasteiger partial charge in [0.05, 0.1) is 5.69 Å². The second-order valence-electron chi connectivity index (χ2n) is 3.49. The van der Waals surface area contributed by atoms with Gasteiger partial charge >= 0.3 is 0 Å². The number of halogens is 2. The summed E-state index contributed by atoms with van der Waals surface area (Å²) in [4.78, 5) is 8.16. The monoisotopic (exact) mass is 296 g/mol. The van der Waals surface area contributed by atoms with Gasteiger partial charge in [-0.05, 0) is 31.2 Å². The van der Waals surface area contributed by atoms with E-state index in [0.717, 1.165) is 4.47 Å². The first-order valence-electron chi connectivity index (χ1n) is 4.88. The van der Waals surface area contributed by atoms with Gasteiger partial charge in [-0.2, -0.15) is 0 Å². The number of benzene rings is 1. The third-order valence-electron chi connectivity index (χ3n) is 2.19. The Balaban J connectivity index is 2.59. The minimum absolute atomic E-state index is 0.263. The number of rotatable bonds is 2. The maximum absolute atomic E-state index is 13.7. The number of nitrogens with one attached hydrogen (secondary N) is 1. The molecule has 0 radical (unpaired) electrons. The number of hydrazine groups is 1. The fourth-order valence-electron chi connectivity index (χ4n) is 1.46. The maximum atomic E-state index is 13.7. The Bertz CT molecular complexity index is 559. The van der Waals surface area contributed by atoms with Gasteiger partial charge in [-0.25, -0.2) is 20.2 Å². The fourth-order valence-corrected chi connectivity index (χ4v) is 1.83. The van der Waals surface area contributed by atoms with Crippen molar-refractivity contribution in [3.8, 4) is 11.3 Å². The van der Waals surface area contributed by atoms with Crippen LogP contribution >= 0.6 is 15.9 Å². The van der Waals surface area contributed by atoms with Crippen LogP contribution < -0.4 is 11.3 Å². The topological polar surface area (TPSA) is 63.8 Å². The second kappa shape index (κ2) is 4.77. The lowest BCUT2D eigenvalue weighted by molar-refractivity contribution is 0.630. The standard InChI is InChI=1S/C11H10BrFN4/c1-6-4-10(16-11(15-6)17-14)8-5-7(12)2-3-9(8)13/h2-5H,14H2,1H3,(H,15,16,17). The first-order chi connectivity index (χ1) is 8.10. The van der Waals surface area contributed by atoms with Crippen LogP contribution in [0.25, 0.3) is 11.3 Å². The highest BCUT2D eigenvalue weighted by atomic mass is 79.9. The van der Waals surface area contributed by atoms with Crippen molar-refractivity contribution < 1.29 is 4.39 Å².